The molecule has 0 heterocycles. The van der Waals surface area contributed by atoms with Crippen LogP contribution in [0, 0.1) is 0 Å². The fourth-order valence-electron chi connectivity index (χ4n) is 1.45. The lowest BCUT2D eigenvalue weighted by molar-refractivity contribution is -0.116. The number of aromatic carboxylic acids is 1. The summed E-state index contributed by atoms with van der Waals surface area (Å²) in [7, 11) is 0. The van der Waals surface area contributed by atoms with E-state index in [4.69, 9.17) is 10.8 Å². The Morgan fingerprint density at radius 2 is 2.12 bits per heavy atom. The van der Waals surface area contributed by atoms with Crippen molar-refractivity contribution in [2.45, 2.75) is 6.92 Å². The Morgan fingerprint density at radius 3 is 2.53 bits per heavy atom. The summed E-state index contributed by atoms with van der Waals surface area (Å²) in [5.74, 6) is -1.42. The van der Waals surface area contributed by atoms with Gasteiger partial charge in [0.1, 0.15) is 0 Å². The molecule has 0 fully saturated rings. The van der Waals surface area contributed by atoms with Crippen LogP contribution in [0.15, 0.2) is 22.7 Å². The molecule has 1 aromatic rings. The van der Waals surface area contributed by atoms with Gasteiger partial charge in [0.2, 0.25) is 5.91 Å². The number of benzene rings is 1. The van der Waals surface area contributed by atoms with Crippen molar-refractivity contribution in [2.75, 3.05) is 18.0 Å². The SMILES string of the molecule is CCN(CC(N)=O)c1ccc(C(=O)O)cc1Br. The van der Waals surface area contributed by atoms with E-state index >= 15 is 0 Å². The number of hydrogen-bond donors (Lipinski definition) is 2. The summed E-state index contributed by atoms with van der Waals surface area (Å²) in [5, 5.41) is 8.83. The maximum atomic E-state index is 10.9. The van der Waals surface area contributed by atoms with Crippen LogP contribution in [0.4, 0.5) is 5.69 Å². The van der Waals surface area contributed by atoms with E-state index in [0.29, 0.717) is 11.0 Å². The van der Waals surface area contributed by atoms with Gasteiger partial charge >= 0.3 is 5.97 Å². The topological polar surface area (TPSA) is 83.6 Å². The second kappa shape index (κ2) is 5.67. The molecule has 1 rings (SSSR count). The van der Waals surface area contributed by atoms with Crippen LogP contribution in [0.25, 0.3) is 0 Å². The highest BCUT2D eigenvalue weighted by molar-refractivity contribution is 9.10. The van der Waals surface area contributed by atoms with E-state index in [-0.39, 0.29) is 12.1 Å². The first kappa shape index (κ1) is 13.5. The van der Waals surface area contributed by atoms with Crippen molar-refractivity contribution in [1.29, 1.82) is 0 Å². The van der Waals surface area contributed by atoms with Crippen LogP contribution >= 0.6 is 15.9 Å². The van der Waals surface area contributed by atoms with Crippen molar-refractivity contribution >= 4 is 33.5 Å². The molecular formula is C11H13BrN2O3. The van der Waals surface area contributed by atoms with Gasteiger partial charge in [0.05, 0.1) is 17.8 Å². The highest BCUT2D eigenvalue weighted by atomic mass is 79.9. The van der Waals surface area contributed by atoms with E-state index in [2.05, 4.69) is 15.9 Å². The zero-order valence-corrected chi connectivity index (χ0v) is 10.9. The number of rotatable bonds is 5. The first-order valence-electron chi connectivity index (χ1n) is 5.01. The van der Waals surface area contributed by atoms with Gasteiger partial charge in [-0.3, -0.25) is 4.79 Å². The molecule has 0 saturated carbocycles. The van der Waals surface area contributed by atoms with E-state index in [1.54, 1.807) is 11.0 Å². The number of anilines is 1. The van der Waals surface area contributed by atoms with E-state index in [1.165, 1.54) is 12.1 Å². The summed E-state index contributed by atoms with van der Waals surface area (Å²) >= 11 is 3.29. The van der Waals surface area contributed by atoms with Crippen LogP contribution in [0.3, 0.4) is 0 Å². The van der Waals surface area contributed by atoms with E-state index in [9.17, 15) is 9.59 Å². The van der Waals surface area contributed by atoms with Gasteiger partial charge in [-0.15, -0.1) is 0 Å². The summed E-state index contributed by atoms with van der Waals surface area (Å²) in [6.45, 7) is 2.59. The van der Waals surface area contributed by atoms with Gasteiger partial charge in [0, 0.05) is 11.0 Å². The predicted molar refractivity (Wildman–Crippen MR) is 68.2 cm³/mol. The molecule has 5 nitrogen and oxygen atoms in total. The number of nitrogens with two attached hydrogens (primary N) is 1. The molecule has 6 heteroatoms. The number of carbonyl (C=O) groups excluding carboxylic acids is 1. The molecule has 0 aliphatic heterocycles. The standard InChI is InChI=1S/C11H13BrN2O3/c1-2-14(6-10(13)15)9-4-3-7(11(16)17)5-8(9)12/h3-5H,2,6H2,1H3,(H2,13,15)(H,16,17). The number of nitrogens with zero attached hydrogens (tertiary/aromatic N) is 1. The number of carboxylic acids is 1. The third kappa shape index (κ3) is 3.45. The van der Waals surface area contributed by atoms with Crippen molar-refractivity contribution in [3.05, 3.63) is 28.2 Å². The number of amides is 1. The molecule has 0 saturated heterocycles. The lowest BCUT2D eigenvalue weighted by atomic mass is 10.2. The maximum Gasteiger partial charge on any atom is 0.335 e. The van der Waals surface area contributed by atoms with Crippen molar-refractivity contribution in [3.63, 3.8) is 0 Å². The number of primary amides is 1. The van der Waals surface area contributed by atoms with Crippen LogP contribution in [0.1, 0.15) is 17.3 Å². The third-order valence-electron chi connectivity index (χ3n) is 2.26. The fourth-order valence-corrected chi connectivity index (χ4v) is 2.08. The molecular weight excluding hydrogens is 288 g/mol. The molecule has 0 atom stereocenters. The molecule has 17 heavy (non-hydrogen) atoms. The van der Waals surface area contributed by atoms with Gasteiger partial charge in [0.15, 0.2) is 0 Å². The quantitative estimate of drug-likeness (QED) is 0.862. The van der Waals surface area contributed by atoms with Crippen LogP contribution in [-0.2, 0) is 4.79 Å². The van der Waals surface area contributed by atoms with Gasteiger partial charge in [-0.2, -0.15) is 0 Å². The highest BCUT2D eigenvalue weighted by Gasteiger charge is 2.13. The number of carboxylic acid groups (broad SMARTS) is 1. The summed E-state index contributed by atoms with van der Waals surface area (Å²) < 4.78 is 0.625. The zero-order valence-electron chi connectivity index (χ0n) is 9.31. The van der Waals surface area contributed by atoms with E-state index in [0.717, 1.165) is 5.69 Å². The zero-order chi connectivity index (χ0) is 13.0. The summed E-state index contributed by atoms with van der Waals surface area (Å²) in [5.41, 5.74) is 6.08. The van der Waals surface area contributed by atoms with Crippen molar-refractivity contribution in [1.82, 2.24) is 0 Å². The average Bonchev–Trinajstić information content (AvgIpc) is 2.25. The molecule has 0 radical (unpaired) electrons. The van der Waals surface area contributed by atoms with E-state index < -0.39 is 11.9 Å². The molecule has 0 spiro atoms. The Labute approximate surface area is 107 Å². The Hall–Kier alpha value is -1.56. The molecule has 1 aromatic carbocycles. The second-order valence-corrected chi connectivity index (χ2v) is 4.31. The molecule has 1 amide bonds. The Kier molecular flexibility index (Phi) is 4.51. The molecule has 92 valence electrons. The highest BCUT2D eigenvalue weighted by Crippen LogP contribution is 2.27. The minimum absolute atomic E-state index is 0.0987. The van der Waals surface area contributed by atoms with Gasteiger partial charge in [-0.1, -0.05) is 0 Å². The summed E-state index contributed by atoms with van der Waals surface area (Å²) in [4.78, 5) is 23.4. The Morgan fingerprint density at radius 1 is 1.47 bits per heavy atom. The average molecular weight is 301 g/mol. The number of halogens is 1. The monoisotopic (exact) mass is 300 g/mol. The first-order chi connectivity index (χ1) is 7.95. The smallest absolute Gasteiger partial charge is 0.335 e. The van der Waals surface area contributed by atoms with Gasteiger partial charge in [0.25, 0.3) is 0 Å². The summed E-state index contributed by atoms with van der Waals surface area (Å²) in [6, 6.07) is 4.65. The van der Waals surface area contributed by atoms with E-state index in [1.807, 2.05) is 6.92 Å². The number of likely N-dealkylation sites (N-methyl/N-ethyl adjacent to an activating group) is 1. The van der Waals surface area contributed by atoms with Crippen LogP contribution in [0.5, 0.6) is 0 Å². The largest absolute Gasteiger partial charge is 0.478 e. The molecule has 0 unspecified atom stereocenters. The number of hydrogen-bond acceptors (Lipinski definition) is 3. The second-order valence-electron chi connectivity index (χ2n) is 3.45. The third-order valence-corrected chi connectivity index (χ3v) is 2.90. The predicted octanol–water partition coefficient (Wildman–Crippen LogP) is 1.46. The minimum Gasteiger partial charge on any atom is -0.478 e. The Balaban J connectivity index is 3.04. The maximum absolute atomic E-state index is 10.9. The fraction of sp³-hybridized carbons (Fsp3) is 0.273. The molecule has 0 aliphatic carbocycles. The Bertz CT molecular complexity index is 448. The normalized spacial score (nSPS) is 10.0. The minimum atomic E-state index is -0.991. The van der Waals surface area contributed by atoms with Gasteiger partial charge < -0.3 is 15.7 Å². The molecule has 3 N–H and O–H groups in total. The van der Waals surface area contributed by atoms with Crippen molar-refractivity contribution in [2.24, 2.45) is 5.73 Å². The van der Waals surface area contributed by atoms with Crippen LogP contribution < -0.4 is 10.6 Å². The van der Waals surface area contributed by atoms with Gasteiger partial charge in [-0.25, -0.2) is 4.79 Å². The number of carbonyl (C=O) groups is 2. The van der Waals surface area contributed by atoms with Crippen LogP contribution in [0.2, 0.25) is 0 Å². The van der Waals surface area contributed by atoms with Gasteiger partial charge in [-0.05, 0) is 41.1 Å². The lowest BCUT2D eigenvalue weighted by Gasteiger charge is -2.22. The molecule has 0 bridgehead atoms. The van der Waals surface area contributed by atoms with Crippen molar-refractivity contribution < 1.29 is 14.7 Å². The van der Waals surface area contributed by atoms with Crippen LogP contribution in [-0.4, -0.2) is 30.1 Å². The first-order valence-corrected chi connectivity index (χ1v) is 5.81. The molecule has 0 aliphatic rings. The molecule has 0 aromatic heterocycles. The lowest BCUT2D eigenvalue weighted by Crippen LogP contribution is -2.33. The summed E-state index contributed by atoms with van der Waals surface area (Å²) in [6.07, 6.45) is 0. The van der Waals surface area contributed by atoms with Crippen molar-refractivity contribution in [3.8, 4) is 0 Å².